The Hall–Kier alpha value is -2.62. The third kappa shape index (κ3) is 2.48. The summed E-state index contributed by atoms with van der Waals surface area (Å²) in [5.74, 6) is 0.567. The van der Waals surface area contributed by atoms with Crippen LogP contribution in [-0.4, -0.2) is 10.3 Å². The fraction of sp³-hybridized carbons (Fsp3) is 0.0500. The van der Waals surface area contributed by atoms with Crippen molar-refractivity contribution in [3.8, 4) is 22.6 Å². The Morgan fingerprint density at radius 1 is 0.917 bits per heavy atom. The van der Waals surface area contributed by atoms with Crippen LogP contribution in [0.4, 0.5) is 0 Å². The molecular weight excluding hydrogens is 322 g/mol. The molecule has 0 amide bonds. The van der Waals surface area contributed by atoms with Crippen LogP contribution >= 0.6 is 11.6 Å². The highest BCUT2D eigenvalue weighted by Gasteiger charge is 2.19. The standard InChI is InChI=1S/C20H14ClNO2/c21-15-10-8-14(9-11-15)20-18(12-23)19(22-24-20)17-7-3-5-13-4-1-2-6-16(13)17/h1-11,23H,12H2. The molecule has 3 nitrogen and oxygen atoms in total. The van der Waals surface area contributed by atoms with Gasteiger partial charge in [-0.15, -0.1) is 0 Å². The van der Waals surface area contributed by atoms with Crippen molar-refractivity contribution >= 4 is 22.4 Å². The number of aliphatic hydroxyl groups excluding tert-OH is 1. The SMILES string of the molecule is OCc1c(-c2cccc3ccccc23)noc1-c1ccc(Cl)cc1. The first-order valence-electron chi connectivity index (χ1n) is 7.61. The van der Waals surface area contributed by atoms with Crippen LogP contribution in [0, 0.1) is 0 Å². The van der Waals surface area contributed by atoms with E-state index in [0.717, 1.165) is 21.9 Å². The number of halogens is 1. The lowest BCUT2D eigenvalue weighted by molar-refractivity contribution is 0.281. The first kappa shape index (κ1) is 14.9. The molecular formula is C20H14ClNO2. The van der Waals surface area contributed by atoms with E-state index in [1.165, 1.54) is 0 Å². The minimum atomic E-state index is -0.153. The fourth-order valence-electron chi connectivity index (χ4n) is 2.93. The lowest BCUT2D eigenvalue weighted by atomic mass is 9.98. The van der Waals surface area contributed by atoms with Gasteiger partial charge in [0.1, 0.15) is 5.69 Å². The number of nitrogens with zero attached hydrogens (tertiary/aromatic N) is 1. The highest BCUT2D eigenvalue weighted by Crippen LogP contribution is 2.35. The van der Waals surface area contributed by atoms with Crippen molar-refractivity contribution in [2.45, 2.75) is 6.61 Å². The highest BCUT2D eigenvalue weighted by molar-refractivity contribution is 6.30. The summed E-state index contributed by atoms with van der Waals surface area (Å²) in [7, 11) is 0. The molecule has 0 radical (unpaired) electrons. The number of fused-ring (bicyclic) bond motifs is 1. The molecule has 0 fully saturated rings. The molecule has 0 bridgehead atoms. The number of hydrogen-bond donors (Lipinski definition) is 1. The molecule has 0 unspecified atom stereocenters. The van der Waals surface area contributed by atoms with Crippen LogP contribution in [0.2, 0.25) is 5.02 Å². The van der Waals surface area contributed by atoms with Gasteiger partial charge in [-0.1, -0.05) is 59.2 Å². The molecule has 0 aliphatic rings. The number of hydrogen-bond acceptors (Lipinski definition) is 3. The van der Waals surface area contributed by atoms with Crippen molar-refractivity contribution in [2.75, 3.05) is 0 Å². The van der Waals surface area contributed by atoms with E-state index < -0.39 is 0 Å². The van der Waals surface area contributed by atoms with Gasteiger partial charge in [-0.05, 0) is 35.0 Å². The summed E-state index contributed by atoms with van der Waals surface area (Å²) in [6.07, 6.45) is 0. The van der Waals surface area contributed by atoms with Crippen LogP contribution in [0.25, 0.3) is 33.4 Å². The van der Waals surface area contributed by atoms with E-state index in [4.69, 9.17) is 16.1 Å². The maximum atomic E-state index is 9.91. The van der Waals surface area contributed by atoms with Crippen molar-refractivity contribution in [1.82, 2.24) is 5.16 Å². The van der Waals surface area contributed by atoms with E-state index in [-0.39, 0.29) is 6.61 Å². The molecule has 1 N–H and O–H groups in total. The molecule has 0 aliphatic heterocycles. The van der Waals surface area contributed by atoms with Crippen molar-refractivity contribution in [3.05, 3.63) is 77.3 Å². The van der Waals surface area contributed by atoms with Gasteiger partial charge >= 0.3 is 0 Å². The van der Waals surface area contributed by atoms with Gasteiger partial charge < -0.3 is 9.63 Å². The van der Waals surface area contributed by atoms with Crippen molar-refractivity contribution < 1.29 is 9.63 Å². The predicted molar refractivity (Wildman–Crippen MR) is 95.8 cm³/mol. The monoisotopic (exact) mass is 335 g/mol. The van der Waals surface area contributed by atoms with Gasteiger partial charge in [-0.3, -0.25) is 0 Å². The Morgan fingerprint density at radius 3 is 2.46 bits per heavy atom. The molecule has 24 heavy (non-hydrogen) atoms. The quantitative estimate of drug-likeness (QED) is 0.552. The molecule has 0 spiro atoms. The molecule has 4 heteroatoms. The molecule has 1 heterocycles. The second kappa shape index (κ2) is 6.11. The smallest absolute Gasteiger partial charge is 0.173 e. The first-order chi connectivity index (χ1) is 11.8. The summed E-state index contributed by atoms with van der Waals surface area (Å²) >= 11 is 5.94. The summed E-state index contributed by atoms with van der Waals surface area (Å²) in [6, 6.07) is 21.4. The summed E-state index contributed by atoms with van der Waals surface area (Å²) in [5.41, 5.74) is 3.12. The van der Waals surface area contributed by atoms with Gasteiger partial charge in [0.15, 0.2) is 5.76 Å². The minimum Gasteiger partial charge on any atom is -0.391 e. The third-order valence-electron chi connectivity index (χ3n) is 4.10. The van der Waals surface area contributed by atoms with E-state index in [0.29, 0.717) is 22.0 Å². The highest BCUT2D eigenvalue weighted by atomic mass is 35.5. The molecule has 1 aromatic heterocycles. The van der Waals surface area contributed by atoms with Crippen LogP contribution in [0.3, 0.4) is 0 Å². The maximum absolute atomic E-state index is 9.91. The maximum Gasteiger partial charge on any atom is 0.173 e. The number of aromatic nitrogens is 1. The van der Waals surface area contributed by atoms with Gasteiger partial charge in [0.05, 0.1) is 12.2 Å². The van der Waals surface area contributed by atoms with Crippen LogP contribution in [0.15, 0.2) is 71.3 Å². The molecule has 0 saturated carbocycles. The average molecular weight is 336 g/mol. The number of benzene rings is 3. The van der Waals surface area contributed by atoms with Crippen molar-refractivity contribution in [2.24, 2.45) is 0 Å². The fourth-order valence-corrected chi connectivity index (χ4v) is 3.05. The van der Waals surface area contributed by atoms with Gasteiger partial charge in [-0.2, -0.15) is 0 Å². The molecule has 0 atom stereocenters. The Balaban J connectivity index is 1.92. The summed E-state index contributed by atoms with van der Waals surface area (Å²) in [6.45, 7) is -0.153. The Kier molecular flexibility index (Phi) is 3.81. The largest absolute Gasteiger partial charge is 0.391 e. The van der Waals surface area contributed by atoms with Gasteiger partial charge in [-0.25, -0.2) is 0 Å². The zero-order valence-electron chi connectivity index (χ0n) is 12.7. The molecule has 118 valence electrons. The number of rotatable bonds is 3. The molecule has 4 rings (SSSR count). The molecule has 4 aromatic rings. The third-order valence-corrected chi connectivity index (χ3v) is 4.35. The first-order valence-corrected chi connectivity index (χ1v) is 7.99. The molecule has 0 aliphatic carbocycles. The second-order valence-electron chi connectivity index (χ2n) is 5.53. The second-order valence-corrected chi connectivity index (χ2v) is 5.97. The lowest BCUT2D eigenvalue weighted by Gasteiger charge is -2.05. The summed E-state index contributed by atoms with van der Waals surface area (Å²) in [5, 5.41) is 17.0. The summed E-state index contributed by atoms with van der Waals surface area (Å²) < 4.78 is 5.56. The minimum absolute atomic E-state index is 0.153. The van der Waals surface area contributed by atoms with Crippen LogP contribution in [-0.2, 0) is 6.61 Å². The van der Waals surface area contributed by atoms with E-state index >= 15 is 0 Å². The predicted octanol–water partition coefficient (Wildman–Crippen LogP) is 5.31. The molecule has 0 saturated heterocycles. The topological polar surface area (TPSA) is 46.3 Å². The van der Waals surface area contributed by atoms with Crippen molar-refractivity contribution in [3.63, 3.8) is 0 Å². The average Bonchev–Trinajstić information content (AvgIpc) is 3.05. The Morgan fingerprint density at radius 2 is 1.67 bits per heavy atom. The van der Waals surface area contributed by atoms with E-state index in [2.05, 4.69) is 17.3 Å². The zero-order chi connectivity index (χ0) is 16.5. The van der Waals surface area contributed by atoms with Crippen LogP contribution in [0.1, 0.15) is 5.56 Å². The normalized spacial score (nSPS) is 11.1. The van der Waals surface area contributed by atoms with Crippen LogP contribution in [0.5, 0.6) is 0 Å². The van der Waals surface area contributed by atoms with Crippen molar-refractivity contribution in [1.29, 1.82) is 0 Å². The Bertz CT molecular complexity index is 1000. The van der Waals surface area contributed by atoms with E-state index in [9.17, 15) is 5.11 Å². The zero-order valence-corrected chi connectivity index (χ0v) is 13.5. The van der Waals surface area contributed by atoms with Gasteiger partial charge in [0.25, 0.3) is 0 Å². The molecule has 3 aromatic carbocycles. The lowest BCUT2D eigenvalue weighted by Crippen LogP contribution is -1.90. The van der Waals surface area contributed by atoms with E-state index in [1.807, 2.05) is 42.5 Å². The van der Waals surface area contributed by atoms with Gasteiger partial charge in [0, 0.05) is 16.1 Å². The number of aliphatic hydroxyl groups is 1. The van der Waals surface area contributed by atoms with Crippen LogP contribution < -0.4 is 0 Å². The Labute approximate surface area is 144 Å². The summed E-state index contributed by atoms with van der Waals surface area (Å²) in [4.78, 5) is 0. The van der Waals surface area contributed by atoms with Gasteiger partial charge in [0.2, 0.25) is 0 Å². The van der Waals surface area contributed by atoms with E-state index in [1.54, 1.807) is 12.1 Å².